The summed E-state index contributed by atoms with van der Waals surface area (Å²) in [6, 6.07) is 0. The largest absolute Gasteiger partial charge is 4.00 e. The number of rotatable bonds is 0. The molecule has 0 heterocycles. The van der Waals surface area contributed by atoms with E-state index in [-0.39, 0.29) is 28.3 Å². The third-order valence-electron chi connectivity index (χ3n) is 0. The van der Waals surface area contributed by atoms with Crippen molar-refractivity contribution >= 4 is 28.3 Å². The topological polar surface area (TPSA) is 367 Å². The smallest absolute Gasteiger partial charge is 0.444 e. The van der Waals surface area contributed by atoms with Crippen LogP contribution in [0.4, 0.5) is 0 Å². The maximum absolute atomic E-state index is 8.00. The van der Waals surface area contributed by atoms with Crippen LogP contribution in [0.15, 0.2) is 37.4 Å². The van der Waals surface area contributed by atoms with E-state index >= 15 is 0 Å². The third-order valence-corrected chi connectivity index (χ3v) is 0. The summed E-state index contributed by atoms with van der Waals surface area (Å²) in [4.78, 5) is 56.0. The van der Waals surface area contributed by atoms with Crippen LogP contribution in [0.5, 0.6) is 0 Å². The van der Waals surface area contributed by atoms with Gasteiger partial charge in [-0.2, -0.15) is 0 Å². The molecule has 0 radical (unpaired) electrons. The van der Waals surface area contributed by atoms with Gasteiger partial charge >= 0.3 is 28.3 Å². The second kappa shape index (κ2) is 453. The molecule has 0 spiro atoms. The van der Waals surface area contributed by atoms with E-state index in [1.54, 1.807) is 0 Å². The molecule has 0 amide bonds. The average molecular weight is 377 g/mol. The summed E-state index contributed by atoms with van der Waals surface area (Å²) in [5.74, 6) is 0. The molecule has 0 aliphatic carbocycles. The van der Waals surface area contributed by atoms with Crippen molar-refractivity contribution in [2.45, 2.75) is 0 Å². The molecule has 0 saturated carbocycles. The fraction of sp³-hybridized carbons (Fsp3) is 0. The summed E-state index contributed by atoms with van der Waals surface area (Å²) in [5.41, 5.74) is 0. The second-order valence-electron chi connectivity index (χ2n) is 0.522. The zero-order valence-electron chi connectivity index (χ0n) is 9.92. The molecular formula is AlN7O14Si. The minimum Gasteiger partial charge on any atom is -0.444 e. The first-order valence-corrected chi connectivity index (χ1v) is 2.56. The Morgan fingerprint density at radius 3 is 0.348 bits per heavy atom. The van der Waals surface area contributed by atoms with Gasteiger partial charge in [-0.05, 0) is 0 Å². The first kappa shape index (κ1) is 60.4. The Morgan fingerprint density at radius 2 is 0.348 bits per heavy atom. The Morgan fingerprint density at radius 1 is 0.348 bits per heavy atom. The Hall–Kier alpha value is -3.45. The van der Waals surface area contributed by atoms with E-state index in [0.717, 1.165) is 37.4 Å². The molecule has 0 aliphatic rings. The molecule has 0 fully saturated rings. The van der Waals surface area contributed by atoms with Gasteiger partial charge in [-0.3, -0.25) is 0 Å². The van der Waals surface area contributed by atoms with Crippen LogP contribution in [0.2, 0.25) is 0 Å². The zero-order valence-corrected chi connectivity index (χ0v) is 12.1. The van der Waals surface area contributed by atoms with Crippen molar-refractivity contribution in [1.82, 2.24) is 0 Å². The van der Waals surface area contributed by atoms with E-state index in [1.807, 2.05) is 0 Å². The summed E-state index contributed by atoms with van der Waals surface area (Å²) in [5, 5.41) is 63.0. The molecule has 0 N–H and O–H groups in total. The molecule has 0 saturated heterocycles. The van der Waals surface area contributed by atoms with E-state index in [2.05, 4.69) is 0 Å². The van der Waals surface area contributed by atoms with Crippen LogP contribution < -0.4 is 0 Å². The van der Waals surface area contributed by atoms with Gasteiger partial charge in [-0.1, -0.05) is 0 Å². The molecular weight excluding hydrogens is 377 g/mol. The normalized spacial score (nSPS) is 3.65. The van der Waals surface area contributed by atoms with Crippen LogP contribution in [0, 0.1) is 70.8 Å². The monoisotopic (exact) mass is 377 g/mol. The minimum atomic E-state index is 0. The molecule has 0 rings (SSSR count). The van der Waals surface area contributed by atoms with Gasteiger partial charge in [0.15, 0.2) is 0 Å². The average Bonchev–Trinajstić information content (AvgIpc) is 2.35. The molecule has 0 atom stereocenters. The van der Waals surface area contributed by atoms with Crippen molar-refractivity contribution in [1.29, 1.82) is 0 Å². The van der Waals surface area contributed by atoms with Gasteiger partial charge in [0.05, 0.1) is 0 Å². The molecule has 0 aromatic rings. The van der Waals surface area contributed by atoms with Crippen molar-refractivity contribution in [3.8, 4) is 0 Å². The summed E-state index contributed by atoms with van der Waals surface area (Å²) >= 11 is 0. The molecule has 0 aliphatic heterocycles. The van der Waals surface area contributed by atoms with Crippen LogP contribution in [0.25, 0.3) is 0 Å². The van der Waals surface area contributed by atoms with Crippen molar-refractivity contribution in [3.63, 3.8) is 0 Å². The van der Waals surface area contributed by atoms with Gasteiger partial charge in [0.2, 0.25) is 0 Å². The molecule has 0 unspecified atom stereocenters. The molecule has 0 aromatic carbocycles. The van der Waals surface area contributed by atoms with Crippen molar-refractivity contribution < 1.29 is 0 Å². The maximum Gasteiger partial charge on any atom is 4.00 e. The van der Waals surface area contributed by atoms with Crippen LogP contribution in [-0.4, -0.2) is 28.3 Å². The molecule has 126 valence electrons. The van der Waals surface area contributed by atoms with Crippen LogP contribution >= 0.6 is 0 Å². The van der Waals surface area contributed by atoms with Crippen LogP contribution in [0.3, 0.4) is 0 Å². The Balaban J connectivity index is -0.0000000140. The van der Waals surface area contributed by atoms with Gasteiger partial charge in [-0.15, -0.1) is 37.4 Å². The summed E-state index contributed by atoms with van der Waals surface area (Å²) in [6.45, 7) is 0. The Labute approximate surface area is 137 Å². The molecule has 23 heavy (non-hydrogen) atoms. The van der Waals surface area contributed by atoms with E-state index in [4.69, 9.17) is 70.8 Å². The minimum absolute atomic E-state index is 0. The van der Waals surface area contributed by atoms with E-state index in [0.29, 0.717) is 0 Å². The van der Waals surface area contributed by atoms with Gasteiger partial charge < -0.3 is 70.8 Å². The number of hydrogen-bond acceptors (Lipinski definition) is 21. The first-order valence-electron chi connectivity index (χ1n) is 2.56. The van der Waals surface area contributed by atoms with Crippen molar-refractivity contribution in [3.05, 3.63) is 70.8 Å². The van der Waals surface area contributed by atoms with E-state index < -0.39 is 0 Å². The van der Waals surface area contributed by atoms with Crippen molar-refractivity contribution in [2.75, 3.05) is 0 Å². The predicted molar refractivity (Wildman–Crippen MR) is 75.6 cm³/mol. The maximum atomic E-state index is 8.00. The Kier molecular flexibility index (Phi) is 1190. The van der Waals surface area contributed by atoms with Gasteiger partial charge in [-0.25, -0.2) is 0 Å². The van der Waals surface area contributed by atoms with Gasteiger partial charge in [0.25, 0.3) is 0 Å². The summed E-state index contributed by atoms with van der Waals surface area (Å²) < 4.78 is 0. The summed E-state index contributed by atoms with van der Waals surface area (Å²) in [6.07, 6.45) is 0. The van der Waals surface area contributed by atoms with Crippen LogP contribution in [0.1, 0.15) is 0 Å². The number of nitrogens with zero attached hydrogens (tertiary/aromatic N) is 7. The van der Waals surface area contributed by atoms with Gasteiger partial charge in [0.1, 0.15) is 0 Å². The predicted octanol–water partition coefficient (Wildman–Crippen LogP) is 0.993. The number of hydrogen-bond donors (Lipinski definition) is 0. The summed E-state index contributed by atoms with van der Waals surface area (Å²) in [7, 11) is 0. The van der Waals surface area contributed by atoms with Crippen LogP contribution in [-0.2, 0) is 0 Å². The van der Waals surface area contributed by atoms with E-state index in [1.165, 1.54) is 0 Å². The third kappa shape index (κ3) is 427. The fourth-order valence-corrected chi connectivity index (χ4v) is 0. The van der Waals surface area contributed by atoms with E-state index in [9.17, 15) is 0 Å². The quantitative estimate of drug-likeness (QED) is 0.322. The standard InChI is InChI=1S/Al.7HNO2.Si/c;7*2-1-3;/h;7*(H,2,3);/q+3;;;;;;;;+4/p-7. The van der Waals surface area contributed by atoms with Crippen molar-refractivity contribution in [2.24, 2.45) is 37.4 Å². The molecule has 23 heteroatoms. The fourth-order valence-electron chi connectivity index (χ4n) is 0. The SMILES string of the molecule is O=N[O-].O=N[O-].O=N[O-].O=N[O-].O=N[O-].O=N[O-].O=N[O-].[Al+3].[Si+4]. The second-order valence-corrected chi connectivity index (χ2v) is 0.522. The van der Waals surface area contributed by atoms with Gasteiger partial charge in [0, 0.05) is 0 Å². The Bertz CT molecular complexity index is 143. The molecule has 21 nitrogen and oxygen atoms in total. The molecule has 0 aromatic heterocycles. The first-order chi connectivity index (χ1) is 9.90. The zero-order chi connectivity index (χ0) is 18.9. The molecule has 0 bridgehead atoms.